The quantitative estimate of drug-likeness (QED) is 0.873. The highest BCUT2D eigenvalue weighted by molar-refractivity contribution is 7.89. The second-order valence-electron chi connectivity index (χ2n) is 5.62. The summed E-state index contributed by atoms with van der Waals surface area (Å²) in [5.41, 5.74) is 3.75. The van der Waals surface area contributed by atoms with Gasteiger partial charge in [0.25, 0.3) is 0 Å². The molecule has 0 heterocycles. The van der Waals surface area contributed by atoms with Crippen LogP contribution in [-0.2, 0) is 16.2 Å². The van der Waals surface area contributed by atoms with E-state index < -0.39 is 27.2 Å². The highest BCUT2D eigenvalue weighted by Gasteiger charge is 2.34. The van der Waals surface area contributed by atoms with E-state index >= 15 is 0 Å². The molecule has 0 saturated carbocycles. The molecule has 0 atom stereocenters. The topological polar surface area (TPSA) is 72.2 Å². The second-order valence-corrected chi connectivity index (χ2v) is 7.35. The SMILES string of the molecule is Cc1c(C(F)(F)F)cccc1S(=O)(=O)NCC(C)(C)CN. The summed E-state index contributed by atoms with van der Waals surface area (Å²) in [6, 6.07) is 3.10. The maximum Gasteiger partial charge on any atom is 0.416 e. The van der Waals surface area contributed by atoms with Crippen LogP contribution < -0.4 is 10.5 Å². The molecule has 0 fully saturated rings. The summed E-state index contributed by atoms with van der Waals surface area (Å²) < 4.78 is 65.1. The number of halogens is 3. The maximum absolute atomic E-state index is 12.8. The number of benzene rings is 1. The number of hydrogen-bond donors (Lipinski definition) is 2. The number of alkyl halides is 3. The number of hydrogen-bond acceptors (Lipinski definition) is 3. The summed E-state index contributed by atoms with van der Waals surface area (Å²) in [6.07, 6.45) is -4.59. The van der Waals surface area contributed by atoms with E-state index in [9.17, 15) is 21.6 Å². The summed E-state index contributed by atoms with van der Waals surface area (Å²) >= 11 is 0. The maximum atomic E-state index is 12.8. The van der Waals surface area contributed by atoms with Gasteiger partial charge in [0.1, 0.15) is 0 Å². The number of rotatable bonds is 5. The van der Waals surface area contributed by atoms with Crippen LogP contribution in [0.4, 0.5) is 13.2 Å². The molecule has 0 unspecified atom stereocenters. The first-order valence-corrected chi connectivity index (χ1v) is 7.75. The van der Waals surface area contributed by atoms with Crippen LogP contribution in [0.1, 0.15) is 25.0 Å². The van der Waals surface area contributed by atoms with Crippen LogP contribution in [0.2, 0.25) is 0 Å². The van der Waals surface area contributed by atoms with E-state index in [0.29, 0.717) is 0 Å². The van der Waals surface area contributed by atoms with Gasteiger partial charge in [0.05, 0.1) is 10.5 Å². The first-order valence-electron chi connectivity index (χ1n) is 6.27. The molecule has 21 heavy (non-hydrogen) atoms. The van der Waals surface area contributed by atoms with Crippen molar-refractivity contribution in [2.24, 2.45) is 11.1 Å². The Morgan fingerprint density at radius 2 is 1.81 bits per heavy atom. The average molecular weight is 324 g/mol. The summed E-state index contributed by atoms with van der Waals surface area (Å²) in [7, 11) is -4.02. The molecule has 1 rings (SSSR count). The normalized spacial score (nSPS) is 13.5. The zero-order chi connectivity index (χ0) is 16.5. The minimum absolute atomic E-state index is 0.0432. The van der Waals surface area contributed by atoms with Crippen molar-refractivity contribution >= 4 is 10.0 Å². The predicted molar refractivity (Wildman–Crippen MR) is 74.2 cm³/mol. The second kappa shape index (κ2) is 5.94. The highest BCUT2D eigenvalue weighted by Crippen LogP contribution is 2.34. The Morgan fingerprint density at radius 3 is 2.29 bits per heavy atom. The Labute approximate surface area is 122 Å². The van der Waals surface area contributed by atoms with E-state index in [1.165, 1.54) is 0 Å². The molecule has 4 nitrogen and oxygen atoms in total. The average Bonchev–Trinajstić information content (AvgIpc) is 2.35. The minimum Gasteiger partial charge on any atom is -0.330 e. The van der Waals surface area contributed by atoms with Gasteiger partial charge in [0.15, 0.2) is 0 Å². The first-order chi connectivity index (χ1) is 9.41. The van der Waals surface area contributed by atoms with E-state index in [0.717, 1.165) is 25.1 Å². The lowest BCUT2D eigenvalue weighted by Gasteiger charge is -2.23. The zero-order valence-electron chi connectivity index (χ0n) is 12.1. The van der Waals surface area contributed by atoms with Gasteiger partial charge in [-0.3, -0.25) is 0 Å². The van der Waals surface area contributed by atoms with Gasteiger partial charge >= 0.3 is 6.18 Å². The molecule has 0 aliphatic carbocycles. The largest absolute Gasteiger partial charge is 0.416 e. The Morgan fingerprint density at radius 1 is 1.24 bits per heavy atom. The molecule has 0 aliphatic rings. The van der Waals surface area contributed by atoms with E-state index in [2.05, 4.69) is 4.72 Å². The fourth-order valence-electron chi connectivity index (χ4n) is 1.65. The lowest BCUT2D eigenvalue weighted by atomic mass is 9.95. The summed E-state index contributed by atoms with van der Waals surface area (Å²) in [5, 5.41) is 0. The van der Waals surface area contributed by atoms with Crippen LogP contribution in [0.5, 0.6) is 0 Å². The third-order valence-electron chi connectivity index (χ3n) is 3.17. The number of nitrogens with two attached hydrogens (primary N) is 1. The van der Waals surface area contributed by atoms with Crippen molar-refractivity contribution in [2.75, 3.05) is 13.1 Å². The lowest BCUT2D eigenvalue weighted by molar-refractivity contribution is -0.138. The summed E-state index contributed by atoms with van der Waals surface area (Å²) in [6.45, 7) is 4.95. The van der Waals surface area contributed by atoms with Crippen LogP contribution in [0.15, 0.2) is 23.1 Å². The van der Waals surface area contributed by atoms with E-state index in [1.807, 2.05) is 0 Å². The monoisotopic (exact) mass is 324 g/mol. The third-order valence-corrected chi connectivity index (χ3v) is 4.72. The van der Waals surface area contributed by atoms with Crippen LogP contribution in [-0.4, -0.2) is 21.5 Å². The summed E-state index contributed by atoms with van der Waals surface area (Å²) in [4.78, 5) is -0.370. The van der Waals surface area contributed by atoms with Crippen molar-refractivity contribution in [3.05, 3.63) is 29.3 Å². The first kappa shape index (κ1) is 17.9. The number of sulfonamides is 1. The molecule has 120 valence electrons. The van der Waals surface area contributed by atoms with Gasteiger partial charge in [0, 0.05) is 6.54 Å². The molecule has 0 spiro atoms. The standard InChI is InChI=1S/C13H19F3N2O2S/c1-9-10(13(14,15)16)5-4-6-11(9)21(19,20)18-8-12(2,3)7-17/h4-6,18H,7-8,17H2,1-3H3. The third kappa shape index (κ3) is 4.42. The van der Waals surface area contributed by atoms with E-state index in [1.54, 1.807) is 13.8 Å². The smallest absolute Gasteiger partial charge is 0.330 e. The molecule has 1 aromatic rings. The van der Waals surface area contributed by atoms with Crippen LogP contribution in [0, 0.1) is 12.3 Å². The molecule has 0 aromatic heterocycles. The predicted octanol–water partition coefficient (Wildman–Crippen LogP) is 2.28. The van der Waals surface area contributed by atoms with Gasteiger partial charge in [-0.25, -0.2) is 13.1 Å². The van der Waals surface area contributed by atoms with Gasteiger partial charge in [0.2, 0.25) is 10.0 Å². The molecule has 0 aliphatic heterocycles. The van der Waals surface area contributed by atoms with Gasteiger partial charge in [-0.15, -0.1) is 0 Å². The Hall–Kier alpha value is -1.12. The van der Waals surface area contributed by atoms with E-state index in [4.69, 9.17) is 5.73 Å². The molecular weight excluding hydrogens is 305 g/mol. The number of nitrogens with one attached hydrogen (secondary N) is 1. The van der Waals surface area contributed by atoms with Crippen molar-refractivity contribution in [1.29, 1.82) is 0 Å². The van der Waals surface area contributed by atoms with Crippen LogP contribution >= 0.6 is 0 Å². The van der Waals surface area contributed by atoms with Crippen molar-refractivity contribution in [2.45, 2.75) is 31.8 Å². The van der Waals surface area contributed by atoms with Crippen molar-refractivity contribution < 1.29 is 21.6 Å². The fourth-order valence-corrected chi connectivity index (χ4v) is 3.16. The Kier molecular flexibility index (Phi) is 5.07. The Balaban J connectivity index is 3.16. The van der Waals surface area contributed by atoms with Crippen LogP contribution in [0.25, 0.3) is 0 Å². The zero-order valence-corrected chi connectivity index (χ0v) is 12.9. The molecule has 0 radical (unpaired) electrons. The van der Waals surface area contributed by atoms with Crippen molar-refractivity contribution in [3.63, 3.8) is 0 Å². The lowest BCUT2D eigenvalue weighted by Crippen LogP contribution is -2.38. The highest BCUT2D eigenvalue weighted by atomic mass is 32.2. The molecule has 3 N–H and O–H groups in total. The fraction of sp³-hybridized carbons (Fsp3) is 0.538. The molecule has 1 aromatic carbocycles. The Bertz CT molecular complexity index is 610. The van der Waals surface area contributed by atoms with Gasteiger partial charge in [-0.05, 0) is 36.6 Å². The van der Waals surface area contributed by atoms with Crippen molar-refractivity contribution in [3.8, 4) is 0 Å². The summed E-state index contributed by atoms with van der Waals surface area (Å²) in [5.74, 6) is 0. The molecule has 0 saturated heterocycles. The van der Waals surface area contributed by atoms with Gasteiger partial charge in [-0.1, -0.05) is 19.9 Å². The molecular formula is C13H19F3N2O2S. The van der Waals surface area contributed by atoms with Gasteiger partial charge < -0.3 is 5.73 Å². The molecule has 8 heteroatoms. The van der Waals surface area contributed by atoms with Crippen molar-refractivity contribution in [1.82, 2.24) is 4.72 Å². The molecule has 0 amide bonds. The minimum atomic E-state index is -4.59. The van der Waals surface area contributed by atoms with Crippen LogP contribution in [0.3, 0.4) is 0 Å². The van der Waals surface area contributed by atoms with E-state index in [-0.39, 0.29) is 23.5 Å². The van der Waals surface area contributed by atoms with Gasteiger partial charge in [-0.2, -0.15) is 13.2 Å². The molecule has 0 bridgehead atoms.